The summed E-state index contributed by atoms with van der Waals surface area (Å²) in [5.74, 6) is -1.86. The number of aliphatic hydroxyl groups is 1. The second kappa shape index (κ2) is 13.1. The van der Waals surface area contributed by atoms with Crippen LogP contribution in [0.15, 0.2) is 30.5 Å². The molecular weight excluding hydrogens is 602 g/mol. The zero-order chi connectivity index (χ0) is 32.7. The molecule has 2 saturated heterocycles. The van der Waals surface area contributed by atoms with E-state index in [-0.39, 0.29) is 52.0 Å². The van der Waals surface area contributed by atoms with E-state index < -0.39 is 23.6 Å². The summed E-state index contributed by atoms with van der Waals surface area (Å²) in [6.45, 7) is 11.7. The fourth-order valence-corrected chi connectivity index (χ4v) is 6.94. The number of halogens is 4. The molecule has 46 heavy (non-hydrogen) atoms. The monoisotopic (exact) mass is 641 g/mol. The van der Waals surface area contributed by atoms with E-state index in [0.29, 0.717) is 56.4 Å². The molecule has 2 aliphatic heterocycles. The van der Waals surface area contributed by atoms with Gasteiger partial charge in [-0.2, -0.15) is 4.98 Å². The van der Waals surface area contributed by atoms with Gasteiger partial charge in [0.2, 0.25) is 5.95 Å². The molecule has 0 saturated carbocycles. The Kier molecular flexibility index (Phi) is 9.17. The van der Waals surface area contributed by atoms with Gasteiger partial charge >= 0.3 is 0 Å². The van der Waals surface area contributed by atoms with Gasteiger partial charge in [-0.05, 0) is 43.1 Å². The van der Waals surface area contributed by atoms with Crippen molar-refractivity contribution in [2.24, 2.45) is 0 Å². The minimum absolute atomic E-state index is 0.0228. The molecule has 2 fully saturated rings. The molecule has 0 bridgehead atoms. The van der Waals surface area contributed by atoms with Crippen LogP contribution in [0.25, 0.3) is 32.9 Å². The lowest BCUT2D eigenvalue weighted by Crippen LogP contribution is -2.60. The Morgan fingerprint density at radius 2 is 1.76 bits per heavy atom. The molecule has 4 aromatic rings. The third kappa shape index (κ3) is 5.69. The number of β-amino-alcohol motifs (C(OH)–C–C–N with tert-alkyl or cyclic N) is 1. The van der Waals surface area contributed by atoms with E-state index in [1.165, 1.54) is 18.3 Å². The van der Waals surface area contributed by atoms with Crippen LogP contribution < -0.4 is 9.80 Å². The third-order valence-electron chi connectivity index (χ3n) is 9.45. The third-order valence-corrected chi connectivity index (χ3v) is 9.45. The number of hydrogen-bond donors (Lipinski definition) is 2. The van der Waals surface area contributed by atoms with Gasteiger partial charge in [-0.15, -0.1) is 0 Å². The predicted octanol–water partition coefficient (Wildman–Crippen LogP) is 5.19. The van der Waals surface area contributed by atoms with Crippen molar-refractivity contribution in [1.29, 1.82) is 0 Å². The highest BCUT2D eigenvalue weighted by molar-refractivity contribution is 6.02. The molecule has 1 unspecified atom stereocenters. The average Bonchev–Trinajstić information content (AvgIpc) is 3.03. The summed E-state index contributed by atoms with van der Waals surface area (Å²) in [6, 6.07) is 4.99. The van der Waals surface area contributed by atoms with Gasteiger partial charge in [-0.1, -0.05) is 26.8 Å². The molecule has 2 aromatic carbocycles. The Morgan fingerprint density at radius 1 is 1.00 bits per heavy atom. The van der Waals surface area contributed by atoms with Crippen LogP contribution in [0.2, 0.25) is 0 Å². The number of pyridine rings is 1. The van der Waals surface area contributed by atoms with Gasteiger partial charge in [-0.3, -0.25) is 14.8 Å². The number of piperazine rings is 1. The molecule has 246 valence electrons. The second-order valence-corrected chi connectivity index (χ2v) is 11.9. The molecular formula is C33H39F4N7O2. The van der Waals surface area contributed by atoms with Gasteiger partial charge in [0.05, 0.1) is 28.8 Å². The number of anilines is 2. The minimum Gasteiger partial charge on any atom is -0.508 e. The first-order valence-corrected chi connectivity index (χ1v) is 15.9. The first-order valence-electron chi connectivity index (χ1n) is 15.9. The highest BCUT2D eigenvalue weighted by atomic mass is 19.3. The van der Waals surface area contributed by atoms with Crippen molar-refractivity contribution in [3.63, 3.8) is 0 Å². The predicted molar refractivity (Wildman–Crippen MR) is 171 cm³/mol. The normalized spacial score (nSPS) is 18.0. The van der Waals surface area contributed by atoms with E-state index in [2.05, 4.69) is 40.5 Å². The van der Waals surface area contributed by atoms with Gasteiger partial charge in [0.25, 0.3) is 6.43 Å². The van der Waals surface area contributed by atoms with Crippen LogP contribution in [0.5, 0.6) is 5.75 Å². The topological polar surface area (TPSA) is 92.1 Å². The lowest BCUT2D eigenvalue weighted by atomic mass is 9.96. The Balaban J connectivity index is 1.55. The lowest BCUT2D eigenvalue weighted by molar-refractivity contribution is 0.134. The molecule has 2 aromatic heterocycles. The number of hydrogen-bond acceptors (Lipinski definition) is 9. The zero-order valence-corrected chi connectivity index (χ0v) is 26.2. The Bertz CT molecular complexity index is 1730. The van der Waals surface area contributed by atoms with Gasteiger partial charge in [0, 0.05) is 68.5 Å². The molecule has 2 N–H and O–H groups in total. The number of fused-ring (bicyclic) bond motifs is 2. The molecule has 4 heterocycles. The highest BCUT2D eigenvalue weighted by Crippen LogP contribution is 2.42. The molecule has 1 atom stereocenters. The van der Waals surface area contributed by atoms with Gasteiger partial charge in [0.15, 0.2) is 11.6 Å². The SMILES string of the molecule is CCC1CN(c2nc(N3CC(N(CC)CC)C3)nc3c(C(F)F)c(-c4cc(O)cc5ccc(F)c(F)c45)ncc23)CCN1CCO. The summed E-state index contributed by atoms with van der Waals surface area (Å²) in [4.78, 5) is 22.6. The maximum atomic E-state index is 15.2. The number of aromatic nitrogens is 3. The first kappa shape index (κ1) is 32.1. The summed E-state index contributed by atoms with van der Waals surface area (Å²) in [7, 11) is 0. The number of phenolic OH excluding ortho intramolecular Hbond substituents is 1. The van der Waals surface area contributed by atoms with Crippen molar-refractivity contribution in [3.8, 4) is 17.0 Å². The van der Waals surface area contributed by atoms with Crippen LogP contribution in [-0.2, 0) is 0 Å². The number of alkyl halides is 2. The summed E-state index contributed by atoms with van der Waals surface area (Å²) in [5.41, 5.74) is -0.998. The van der Waals surface area contributed by atoms with Gasteiger partial charge in [0.1, 0.15) is 11.6 Å². The Hall–Kier alpha value is -3.81. The number of rotatable bonds is 10. The van der Waals surface area contributed by atoms with E-state index in [0.717, 1.165) is 31.6 Å². The zero-order valence-electron chi connectivity index (χ0n) is 26.2. The van der Waals surface area contributed by atoms with Crippen molar-refractivity contribution in [2.45, 2.75) is 45.7 Å². The van der Waals surface area contributed by atoms with E-state index in [4.69, 9.17) is 9.97 Å². The first-order chi connectivity index (χ1) is 22.2. The molecule has 0 amide bonds. The lowest BCUT2D eigenvalue weighted by Gasteiger charge is -2.45. The van der Waals surface area contributed by atoms with E-state index >= 15 is 13.2 Å². The van der Waals surface area contributed by atoms with Gasteiger partial charge < -0.3 is 20.0 Å². The maximum absolute atomic E-state index is 15.2. The Labute approximate surface area is 265 Å². The summed E-state index contributed by atoms with van der Waals surface area (Å²) >= 11 is 0. The van der Waals surface area contributed by atoms with Crippen molar-refractivity contribution in [3.05, 3.63) is 47.7 Å². The smallest absolute Gasteiger partial charge is 0.268 e. The van der Waals surface area contributed by atoms with Crippen LogP contribution in [0, 0.1) is 11.6 Å². The minimum atomic E-state index is -3.08. The molecule has 2 aliphatic rings. The van der Waals surface area contributed by atoms with Crippen LogP contribution in [-0.4, -0.2) is 106 Å². The number of likely N-dealkylation sites (N-methyl/N-ethyl adjacent to an activating group) is 1. The van der Waals surface area contributed by atoms with E-state index in [9.17, 15) is 14.6 Å². The van der Waals surface area contributed by atoms with E-state index in [1.807, 2.05) is 4.90 Å². The maximum Gasteiger partial charge on any atom is 0.268 e. The number of nitrogens with zero attached hydrogens (tertiary/aromatic N) is 7. The number of aromatic hydroxyl groups is 1. The van der Waals surface area contributed by atoms with Gasteiger partial charge in [-0.25, -0.2) is 22.5 Å². The standard InChI is InChI=1S/C33H39F4N7O2/c1-4-20-16-43(10-9-42(20)11-12-45)32-24-15-38-29(23-14-22(46)13-19-7-8-25(34)28(35)26(19)23)27(31(36)37)30(24)39-33(40-32)44-17-21(18-44)41(5-2)6-3/h7-8,13-15,20-21,31,45-46H,4-6,9-12,16-18H2,1-3H3. The summed E-state index contributed by atoms with van der Waals surface area (Å²) in [5, 5.41) is 20.3. The molecule has 13 heteroatoms. The van der Waals surface area contributed by atoms with Crippen LogP contribution in [0.1, 0.15) is 39.2 Å². The van der Waals surface area contributed by atoms with Crippen LogP contribution in [0.3, 0.4) is 0 Å². The molecule has 6 rings (SSSR count). The second-order valence-electron chi connectivity index (χ2n) is 11.9. The summed E-state index contributed by atoms with van der Waals surface area (Å²) in [6.07, 6.45) is -0.847. The average molecular weight is 642 g/mol. The van der Waals surface area contributed by atoms with Crippen molar-refractivity contribution in [2.75, 3.05) is 68.8 Å². The summed E-state index contributed by atoms with van der Waals surface area (Å²) < 4.78 is 60.1. The number of phenols is 1. The fourth-order valence-electron chi connectivity index (χ4n) is 6.94. The van der Waals surface area contributed by atoms with Crippen molar-refractivity contribution < 1.29 is 27.8 Å². The molecule has 0 aliphatic carbocycles. The van der Waals surface area contributed by atoms with E-state index in [1.54, 1.807) is 0 Å². The number of benzene rings is 2. The van der Waals surface area contributed by atoms with Crippen LogP contribution >= 0.6 is 0 Å². The molecule has 0 spiro atoms. The van der Waals surface area contributed by atoms with Crippen LogP contribution in [0.4, 0.5) is 29.3 Å². The fraction of sp³-hybridized carbons (Fsp3) is 0.485. The largest absolute Gasteiger partial charge is 0.508 e. The number of aliphatic hydroxyl groups excluding tert-OH is 1. The van der Waals surface area contributed by atoms with Crippen molar-refractivity contribution >= 4 is 33.4 Å². The molecule has 9 nitrogen and oxygen atoms in total. The molecule has 0 radical (unpaired) electrons. The Morgan fingerprint density at radius 3 is 2.43 bits per heavy atom. The van der Waals surface area contributed by atoms with Crippen molar-refractivity contribution in [1.82, 2.24) is 24.8 Å². The highest BCUT2D eigenvalue weighted by Gasteiger charge is 2.35. The quantitative estimate of drug-likeness (QED) is 0.227.